The topological polar surface area (TPSA) is 57.6 Å². The molecule has 1 fully saturated rings. The SMILES string of the molecule is CC(C)(SCC(=O)N1CCCCC1)C(=O)O. The van der Waals surface area contributed by atoms with E-state index >= 15 is 0 Å². The van der Waals surface area contributed by atoms with Gasteiger partial charge in [-0.25, -0.2) is 0 Å². The number of rotatable bonds is 4. The number of carboxylic acid groups (broad SMARTS) is 1. The maximum absolute atomic E-state index is 11.8. The molecule has 1 aliphatic heterocycles. The zero-order valence-corrected chi connectivity index (χ0v) is 10.7. The van der Waals surface area contributed by atoms with E-state index in [2.05, 4.69) is 0 Å². The van der Waals surface area contributed by atoms with Crippen LogP contribution in [0.25, 0.3) is 0 Å². The number of carbonyl (C=O) groups is 2. The van der Waals surface area contributed by atoms with Crippen molar-refractivity contribution in [2.45, 2.75) is 37.9 Å². The Labute approximate surface area is 100 Å². The predicted octanol–water partition coefficient (Wildman–Crippen LogP) is 1.60. The molecule has 0 aromatic heterocycles. The predicted molar refractivity (Wildman–Crippen MR) is 64.6 cm³/mol. The van der Waals surface area contributed by atoms with Gasteiger partial charge in [0.1, 0.15) is 4.75 Å². The second-order valence-corrected chi connectivity index (χ2v) is 6.14. The van der Waals surface area contributed by atoms with Gasteiger partial charge in [0.15, 0.2) is 0 Å². The Hall–Kier alpha value is -0.710. The molecule has 1 saturated heterocycles. The van der Waals surface area contributed by atoms with Gasteiger partial charge in [-0.3, -0.25) is 9.59 Å². The van der Waals surface area contributed by atoms with Crippen molar-refractivity contribution in [2.24, 2.45) is 0 Å². The van der Waals surface area contributed by atoms with E-state index in [1.165, 1.54) is 18.2 Å². The van der Waals surface area contributed by atoms with Gasteiger partial charge in [0.25, 0.3) is 0 Å². The van der Waals surface area contributed by atoms with Crippen LogP contribution in [0, 0.1) is 0 Å². The van der Waals surface area contributed by atoms with E-state index in [4.69, 9.17) is 5.11 Å². The fourth-order valence-electron chi connectivity index (χ4n) is 1.54. The van der Waals surface area contributed by atoms with Crippen LogP contribution in [0.3, 0.4) is 0 Å². The average molecular weight is 245 g/mol. The molecule has 0 saturated carbocycles. The highest BCUT2D eigenvalue weighted by Crippen LogP contribution is 2.25. The van der Waals surface area contributed by atoms with Gasteiger partial charge in [-0.1, -0.05) is 0 Å². The standard InChI is InChI=1S/C11H19NO3S/c1-11(2,10(14)15)16-8-9(13)12-6-4-3-5-7-12/h3-8H2,1-2H3,(H,14,15). The molecule has 4 nitrogen and oxygen atoms in total. The Bertz CT molecular complexity index is 272. The first kappa shape index (κ1) is 13.4. The Morgan fingerprint density at radius 3 is 2.31 bits per heavy atom. The Kier molecular flexibility index (Phi) is 4.65. The number of thioether (sulfide) groups is 1. The average Bonchev–Trinajstić information content (AvgIpc) is 2.27. The van der Waals surface area contributed by atoms with Gasteiger partial charge in [-0.15, -0.1) is 11.8 Å². The van der Waals surface area contributed by atoms with E-state index in [0.717, 1.165) is 25.9 Å². The van der Waals surface area contributed by atoms with Crippen LogP contribution in [0.4, 0.5) is 0 Å². The highest BCUT2D eigenvalue weighted by atomic mass is 32.2. The first-order valence-corrected chi connectivity index (χ1v) is 6.57. The molecule has 0 aliphatic carbocycles. The van der Waals surface area contributed by atoms with Crippen molar-refractivity contribution < 1.29 is 14.7 Å². The van der Waals surface area contributed by atoms with E-state index in [9.17, 15) is 9.59 Å². The maximum Gasteiger partial charge on any atom is 0.319 e. The van der Waals surface area contributed by atoms with Gasteiger partial charge < -0.3 is 10.0 Å². The van der Waals surface area contributed by atoms with Crippen LogP contribution in [-0.4, -0.2) is 45.5 Å². The molecule has 92 valence electrons. The van der Waals surface area contributed by atoms with Crippen LogP contribution in [-0.2, 0) is 9.59 Å². The minimum atomic E-state index is -0.883. The molecule has 0 radical (unpaired) electrons. The summed E-state index contributed by atoms with van der Waals surface area (Å²) < 4.78 is -0.883. The summed E-state index contributed by atoms with van der Waals surface area (Å²) in [5, 5.41) is 8.92. The molecule has 0 atom stereocenters. The monoisotopic (exact) mass is 245 g/mol. The lowest BCUT2D eigenvalue weighted by atomic mass is 10.1. The highest BCUT2D eigenvalue weighted by molar-refractivity contribution is 8.01. The summed E-state index contributed by atoms with van der Waals surface area (Å²) in [5.74, 6) is -0.540. The lowest BCUT2D eigenvalue weighted by Crippen LogP contribution is -2.38. The molecule has 16 heavy (non-hydrogen) atoms. The second kappa shape index (κ2) is 5.57. The van der Waals surface area contributed by atoms with E-state index < -0.39 is 10.7 Å². The third-order valence-corrected chi connectivity index (χ3v) is 4.07. The minimum Gasteiger partial charge on any atom is -0.480 e. The van der Waals surface area contributed by atoms with Crippen molar-refractivity contribution in [1.82, 2.24) is 4.90 Å². The Morgan fingerprint density at radius 1 is 1.25 bits per heavy atom. The molecule has 0 aromatic rings. The summed E-state index contributed by atoms with van der Waals surface area (Å²) in [5.41, 5.74) is 0. The highest BCUT2D eigenvalue weighted by Gasteiger charge is 2.29. The number of carboxylic acids is 1. The van der Waals surface area contributed by atoms with Crippen molar-refractivity contribution in [2.75, 3.05) is 18.8 Å². The normalized spacial score (nSPS) is 17.2. The molecule has 0 spiro atoms. The first-order chi connectivity index (χ1) is 7.43. The van der Waals surface area contributed by atoms with E-state index in [1.807, 2.05) is 4.90 Å². The van der Waals surface area contributed by atoms with Crippen molar-refractivity contribution >= 4 is 23.6 Å². The molecule has 0 aromatic carbocycles. The van der Waals surface area contributed by atoms with Gasteiger partial charge in [-0.2, -0.15) is 0 Å². The summed E-state index contributed by atoms with van der Waals surface area (Å²) in [6.07, 6.45) is 3.33. The molecule has 0 unspecified atom stereocenters. The summed E-state index contributed by atoms with van der Waals surface area (Å²) in [4.78, 5) is 24.5. The molecule has 0 bridgehead atoms. The minimum absolute atomic E-state index is 0.0685. The molecule has 1 rings (SSSR count). The van der Waals surface area contributed by atoms with Crippen LogP contribution in [0.15, 0.2) is 0 Å². The van der Waals surface area contributed by atoms with Crippen LogP contribution in [0.5, 0.6) is 0 Å². The molecule has 1 amide bonds. The smallest absolute Gasteiger partial charge is 0.319 e. The molecule has 1 heterocycles. The third kappa shape index (κ3) is 3.70. The molecule has 1 aliphatic rings. The van der Waals surface area contributed by atoms with Crippen molar-refractivity contribution in [3.63, 3.8) is 0 Å². The van der Waals surface area contributed by atoms with E-state index in [-0.39, 0.29) is 11.7 Å². The lowest BCUT2D eigenvalue weighted by Gasteiger charge is -2.27. The summed E-state index contributed by atoms with van der Waals surface area (Å²) in [6, 6.07) is 0. The van der Waals surface area contributed by atoms with Gasteiger partial charge >= 0.3 is 5.97 Å². The number of nitrogens with zero attached hydrogens (tertiary/aromatic N) is 1. The summed E-state index contributed by atoms with van der Waals surface area (Å²) in [6.45, 7) is 4.91. The molecule has 1 N–H and O–H groups in total. The third-order valence-electron chi connectivity index (χ3n) is 2.78. The lowest BCUT2D eigenvalue weighted by molar-refractivity contribution is -0.138. The number of likely N-dealkylation sites (tertiary alicyclic amines) is 1. The first-order valence-electron chi connectivity index (χ1n) is 5.58. The van der Waals surface area contributed by atoms with Crippen LogP contribution < -0.4 is 0 Å². The van der Waals surface area contributed by atoms with Crippen LogP contribution in [0.2, 0.25) is 0 Å². The molecular weight excluding hydrogens is 226 g/mol. The molecule has 5 heteroatoms. The van der Waals surface area contributed by atoms with Crippen LogP contribution in [0.1, 0.15) is 33.1 Å². The van der Waals surface area contributed by atoms with Crippen molar-refractivity contribution in [1.29, 1.82) is 0 Å². The zero-order valence-electron chi connectivity index (χ0n) is 9.86. The van der Waals surface area contributed by atoms with Crippen molar-refractivity contribution in [3.8, 4) is 0 Å². The van der Waals surface area contributed by atoms with Gasteiger partial charge in [0.2, 0.25) is 5.91 Å². The quantitative estimate of drug-likeness (QED) is 0.817. The van der Waals surface area contributed by atoms with Crippen molar-refractivity contribution in [3.05, 3.63) is 0 Å². The number of hydrogen-bond acceptors (Lipinski definition) is 3. The molecular formula is C11H19NO3S. The zero-order chi connectivity index (χ0) is 12.2. The van der Waals surface area contributed by atoms with Crippen LogP contribution >= 0.6 is 11.8 Å². The Balaban J connectivity index is 2.37. The number of piperidine rings is 1. The number of hydrogen-bond donors (Lipinski definition) is 1. The maximum atomic E-state index is 11.8. The number of amides is 1. The number of carbonyl (C=O) groups excluding carboxylic acids is 1. The van der Waals surface area contributed by atoms with Gasteiger partial charge in [0, 0.05) is 13.1 Å². The second-order valence-electron chi connectivity index (χ2n) is 4.55. The largest absolute Gasteiger partial charge is 0.480 e. The summed E-state index contributed by atoms with van der Waals surface area (Å²) >= 11 is 1.20. The van der Waals surface area contributed by atoms with Gasteiger partial charge in [-0.05, 0) is 33.1 Å². The summed E-state index contributed by atoms with van der Waals surface area (Å²) in [7, 11) is 0. The van der Waals surface area contributed by atoms with Gasteiger partial charge in [0.05, 0.1) is 5.75 Å². The number of aliphatic carboxylic acids is 1. The van der Waals surface area contributed by atoms with E-state index in [0.29, 0.717) is 0 Å². The fraction of sp³-hybridized carbons (Fsp3) is 0.818. The van der Waals surface area contributed by atoms with E-state index in [1.54, 1.807) is 13.8 Å². The Morgan fingerprint density at radius 2 is 1.81 bits per heavy atom. The fourth-order valence-corrected chi connectivity index (χ4v) is 2.33.